The summed E-state index contributed by atoms with van der Waals surface area (Å²) in [7, 11) is 1.82. The number of halogens is 2. The molecular formula is C17H21F2N7O. The summed E-state index contributed by atoms with van der Waals surface area (Å²) < 4.78 is 27.8. The van der Waals surface area contributed by atoms with Crippen LogP contribution in [0.1, 0.15) is 18.9 Å². The van der Waals surface area contributed by atoms with E-state index in [1.54, 1.807) is 17.1 Å². The van der Waals surface area contributed by atoms with E-state index in [1.165, 1.54) is 0 Å². The van der Waals surface area contributed by atoms with Gasteiger partial charge in [0.25, 0.3) is 5.92 Å². The molecule has 4 rings (SSSR count). The van der Waals surface area contributed by atoms with E-state index in [1.807, 2.05) is 32.0 Å². The number of amides is 1. The van der Waals surface area contributed by atoms with Crippen LogP contribution in [-0.2, 0) is 11.8 Å². The Bertz CT molecular complexity index is 891. The number of nitrogens with zero attached hydrogens (tertiary/aromatic N) is 5. The van der Waals surface area contributed by atoms with Crippen molar-refractivity contribution in [3.8, 4) is 0 Å². The van der Waals surface area contributed by atoms with Crippen LogP contribution in [0.25, 0.3) is 0 Å². The molecule has 27 heavy (non-hydrogen) atoms. The standard InChI is InChI=1S/C17H21F2N7O/c1-10-5-20-15(22-11-6-21-25(3)7-11)23-13(10)26-8-16(2,9-26)24-14(27)12-4-17(12,18)19/h5-7,12H,4,8-9H2,1-3H3,(H,24,27)(H,20,22,23)/t12-/m0/s1. The minimum absolute atomic E-state index is 0.354. The topological polar surface area (TPSA) is 88.0 Å². The zero-order valence-electron chi connectivity index (χ0n) is 15.3. The van der Waals surface area contributed by atoms with Crippen molar-refractivity contribution in [1.29, 1.82) is 0 Å². The Morgan fingerprint density at radius 2 is 2.04 bits per heavy atom. The first-order valence-corrected chi connectivity index (χ1v) is 8.69. The van der Waals surface area contributed by atoms with Crippen LogP contribution in [-0.4, -0.2) is 50.2 Å². The SMILES string of the molecule is Cc1cnc(Nc2cnn(C)c2)nc1N1CC(C)(NC(=O)[C@@H]2CC2(F)F)C1. The average molecular weight is 377 g/mol. The lowest BCUT2D eigenvalue weighted by atomic mass is 9.91. The van der Waals surface area contributed by atoms with Crippen LogP contribution in [0, 0.1) is 12.8 Å². The molecule has 0 aromatic carbocycles. The molecule has 0 spiro atoms. The van der Waals surface area contributed by atoms with Gasteiger partial charge in [-0.1, -0.05) is 0 Å². The second kappa shape index (κ2) is 5.86. The van der Waals surface area contributed by atoms with E-state index < -0.39 is 23.3 Å². The Kier molecular flexibility index (Phi) is 3.83. The first-order chi connectivity index (χ1) is 12.7. The van der Waals surface area contributed by atoms with Crippen LogP contribution in [0.5, 0.6) is 0 Å². The molecule has 1 saturated heterocycles. The van der Waals surface area contributed by atoms with Crippen LogP contribution < -0.4 is 15.5 Å². The molecule has 1 aliphatic heterocycles. The van der Waals surface area contributed by atoms with Gasteiger partial charge in [0, 0.05) is 44.5 Å². The quantitative estimate of drug-likeness (QED) is 0.823. The van der Waals surface area contributed by atoms with Crippen molar-refractivity contribution >= 4 is 23.4 Å². The van der Waals surface area contributed by atoms with Crippen molar-refractivity contribution in [1.82, 2.24) is 25.1 Å². The van der Waals surface area contributed by atoms with Crippen LogP contribution in [0.2, 0.25) is 0 Å². The lowest BCUT2D eigenvalue weighted by Crippen LogP contribution is -2.69. The van der Waals surface area contributed by atoms with Gasteiger partial charge in [0.2, 0.25) is 11.9 Å². The fourth-order valence-corrected chi connectivity index (χ4v) is 3.34. The minimum atomic E-state index is -2.85. The fourth-order valence-electron chi connectivity index (χ4n) is 3.34. The number of nitrogens with one attached hydrogen (secondary N) is 2. The van der Waals surface area contributed by atoms with Gasteiger partial charge in [-0.05, 0) is 13.8 Å². The van der Waals surface area contributed by atoms with Gasteiger partial charge < -0.3 is 15.5 Å². The number of hydrogen-bond acceptors (Lipinski definition) is 6. The molecule has 0 bridgehead atoms. The smallest absolute Gasteiger partial charge is 0.260 e. The number of carbonyl (C=O) groups is 1. The number of aryl methyl sites for hydroxylation is 2. The van der Waals surface area contributed by atoms with E-state index in [0.717, 1.165) is 17.1 Å². The molecule has 2 N–H and O–H groups in total. The monoisotopic (exact) mass is 377 g/mol. The molecule has 2 aromatic heterocycles. The molecule has 2 aliphatic rings. The molecule has 2 fully saturated rings. The summed E-state index contributed by atoms with van der Waals surface area (Å²) in [6.45, 7) is 4.76. The van der Waals surface area contributed by atoms with Crippen LogP contribution in [0.4, 0.5) is 26.2 Å². The number of anilines is 3. The van der Waals surface area contributed by atoms with Crippen LogP contribution >= 0.6 is 0 Å². The molecule has 0 unspecified atom stereocenters. The normalized spacial score (nSPS) is 22.1. The molecule has 2 aromatic rings. The van der Waals surface area contributed by atoms with Crippen molar-refractivity contribution in [3.63, 3.8) is 0 Å². The Hall–Kier alpha value is -2.78. The van der Waals surface area contributed by atoms with Gasteiger partial charge in [0.15, 0.2) is 0 Å². The van der Waals surface area contributed by atoms with Crippen molar-refractivity contribution in [2.24, 2.45) is 13.0 Å². The Labute approximate surface area is 155 Å². The zero-order valence-corrected chi connectivity index (χ0v) is 15.3. The summed E-state index contributed by atoms with van der Waals surface area (Å²) >= 11 is 0. The summed E-state index contributed by atoms with van der Waals surface area (Å²) in [6.07, 6.45) is 4.85. The molecule has 10 heteroatoms. The van der Waals surface area contributed by atoms with Gasteiger partial charge in [0.1, 0.15) is 11.7 Å². The molecule has 1 aliphatic carbocycles. The van der Waals surface area contributed by atoms with Crippen molar-refractivity contribution in [3.05, 3.63) is 24.2 Å². The molecule has 8 nitrogen and oxygen atoms in total. The molecule has 3 heterocycles. The number of hydrogen-bond donors (Lipinski definition) is 2. The third-order valence-corrected chi connectivity index (χ3v) is 4.85. The van der Waals surface area contributed by atoms with Crippen LogP contribution in [0.3, 0.4) is 0 Å². The molecule has 1 saturated carbocycles. The Morgan fingerprint density at radius 3 is 2.63 bits per heavy atom. The number of rotatable bonds is 5. The Balaban J connectivity index is 1.41. The van der Waals surface area contributed by atoms with Gasteiger partial charge in [-0.3, -0.25) is 9.48 Å². The molecule has 1 atom stereocenters. The van der Waals surface area contributed by atoms with Crippen LogP contribution in [0.15, 0.2) is 18.6 Å². The average Bonchev–Trinajstić information content (AvgIpc) is 3.01. The predicted molar refractivity (Wildman–Crippen MR) is 95.1 cm³/mol. The van der Waals surface area contributed by atoms with E-state index in [2.05, 4.69) is 25.7 Å². The maximum atomic E-state index is 13.1. The van der Waals surface area contributed by atoms with Crippen molar-refractivity contribution in [2.45, 2.75) is 31.7 Å². The van der Waals surface area contributed by atoms with E-state index in [4.69, 9.17) is 0 Å². The van der Waals surface area contributed by atoms with E-state index in [-0.39, 0.29) is 6.42 Å². The third kappa shape index (κ3) is 3.43. The molecule has 0 radical (unpaired) electrons. The largest absolute Gasteiger partial charge is 0.351 e. The molecule has 144 valence electrons. The third-order valence-electron chi connectivity index (χ3n) is 4.85. The number of carbonyl (C=O) groups excluding carboxylic acids is 1. The minimum Gasteiger partial charge on any atom is -0.351 e. The fraction of sp³-hybridized carbons (Fsp3) is 0.529. The van der Waals surface area contributed by atoms with Crippen molar-refractivity contribution < 1.29 is 13.6 Å². The van der Waals surface area contributed by atoms with E-state index in [0.29, 0.717) is 19.0 Å². The zero-order chi connectivity index (χ0) is 19.4. The highest BCUT2D eigenvalue weighted by Crippen LogP contribution is 2.49. The predicted octanol–water partition coefficient (Wildman–Crippen LogP) is 1.61. The lowest BCUT2D eigenvalue weighted by Gasteiger charge is -2.49. The molecular weight excluding hydrogens is 356 g/mol. The second-order valence-electron chi connectivity index (χ2n) is 7.65. The van der Waals surface area contributed by atoms with E-state index in [9.17, 15) is 13.6 Å². The second-order valence-corrected chi connectivity index (χ2v) is 7.65. The van der Waals surface area contributed by atoms with Crippen molar-refractivity contribution in [2.75, 3.05) is 23.3 Å². The highest BCUT2D eigenvalue weighted by Gasteiger charge is 2.62. The maximum Gasteiger partial charge on any atom is 0.260 e. The first-order valence-electron chi connectivity index (χ1n) is 8.69. The summed E-state index contributed by atoms with van der Waals surface area (Å²) in [5, 5.41) is 9.94. The highest BCUT2D eigenvalue weighted by atomic mass is 19.3. The molecule has 1 amide bonds. The summed E-state index contributed by atoms with van der Waals surface area (Å²) in [5.41, 5.74) is 1.14. The van der Waals surface area contributed by atoms with Gasteiger partial charge in [-0.15, -0.1) is 0 Å². The lowest BCUT2D eigenvalue weighted by molar-refractivity contribution is -0.126. The van der Waals surface area contributed by atoms with Gasteiger partial charge in [0.05, 0.1) is 17.4 Å². The van der Waals surface area contributed by atoms with E-state index >= 15 is 0 Å². The van der Waals surface area contributed by atoms with Gasteiger partial charge >= 0.3 is 0 Å². The highest BCUT2D eigenvalue weighted by molar-refractivity contribution is 5.84. The number of alkyl halides is 2. The Morgan fingerprint density at radius 1 is 1.33 bits per heavy atom. The summed E-state index contributed by atoms with van der Waals surface area (Å²) in [4.78, 5) is 22.8. The summed E-state index contributed by atoms with van der Waals surface area (Å²) in [6, 6.07) is 0. The maximum absolute atomic E-state index is 13.1. The van der Waals surface area contributed by atoms with Gasteiger partial charge in [-0.25, -0.2) is 13.8 Å². The summed E-state index contributed by atoms with van der Waals surface area (Å²) in [5.74, 6) is -3.40. The first kappa shape index (κ1) is 17.6. The van der Waals surface area contributed by atoms with Gasteiger partial charge in [-0.2, -0.15) is 10.1 Å². The number of aromatic nitrogens is 4.